The first-order chi connectivity index (χ1) is 7.85. The van der Waals surface area contributed by atoms with Gasteiger partial charge in [-0.05, 0) is 24.1 Å². The highest BCUT2D eigenvalue weighted by Crippen LogP contribution is 2.29. The van der Waals surface area contributed by atoms with Crippen molar-refractivity contribution in [3.05, 3.63) is 35.2 Å². The van der Waals surface area contributed by atoms with E-state index in [1.54, 1.807) is 7.11 Å². The first kappa shape index (κ1) is 11.6. The summed E-state index contributed by atoms with van der Waals surface area (Å²) in [5.74, 6) is 0. The van der Waals surface area contributed by atoms with Gasteiger partial charge in [-0.25, -0.2) is 0 Å². The molecule has 0 aliphatic heterocycles. The van der Waals surface area contributed by atoms with Crippen LogP contribution >= 0.6 is 11.3 Å². The molecule has 0 bridgehead atoms. The van der Waals surface area contributed by atoms with Gasteiger partial charge in [-0.1, -0.05) is 25.1 Å². The van der Waals surface area contributed by atoms with Gasteiger partial charge in [0.25, 0.3) is 0 Å². The fourth-order valence-corrected chi connectivity index (χ4v) is 2.95. The fourth-order valence-electron chi connectivity index (χ4n) is 1.83. The van der Waals surface area contributed by atoms with Crippen molar-refractivity contribution in [2.45, 2.75) is 13.0 Å². The largest absolute Gasteiger partial charge is 0.383 e. The van der Waals surface area contributed by atoms with E-state index in [1.165, 1.54) is 15.0 Å². The van der Waals surface area contributed by atoms with E-state index in [4.69, 9.17) is 4.74 Å². The van der Waals surface area contributed by atoms with Crippen LogP contribution in [0, 0.1) is 0 Å². The third kappa shape index (κ3) is 2.43. The lowest BCUT2D eigenvalue weighted by Crippen LogP contribution is -2.23. The summed E-state index contributed by atoms with van der Waals surface area (Å²) >= 11 is 1.84. The van der Waals surface area contributed by atoms with Crippen LogP contribution in [0.25, 0.3) is 10.1 Å². The SMILES string of the molecule is CCNC(COC)c1cc2ccccc2s1. The van der Waals surface area contributed by atoms with E-state index < -0.39 is 0 Å². The van der Waals surface area contributed by atoms with E-state index in [2.05, 4.69) is 42.6 Å². The highest BCUT2D eigenvalue weighted by molar-refractivity contribution is 7.19. The molecule has 86 valence electrons. The van der Waals surface area contributed by atoms with Gasteiger partial charge >= 0.3 is 0 Å². The quantitative estimate of drug-likeness (QED) is 0.859. The third-order valence-electron chi connectivity index (χ3n) is 2.57. The Bertz CT molecular complexity index is 413. The minimum Gasteiger partial charge on any atom is -0.383 e. The second-order valence-electron chi connectivity index (χ2n) is 3.75. The van der Waals surface area contributed by atoms with E-state index in [9.17, 15) is 0 Å². The molecule has 1 unspecified atom stereocenters. The molecule has 2 aromatic rings. The Morgan fingerprint density at radius 2 is 2.19 bits per heavy atom. The summed E-state index contributed by atoms with van der Waals surface area (Å²) in [6.45, 7) is 3.80. The smallest absolute Gasteiger partial charge is 0.0665 e. The van der Waals surface area contributed by atoms with Crippen molar-refractivity contribution < 1.29 is 4.74 Å². The zero-order chi connectivity index (χ0) is 11.4. The van der Waals surface area contributed by atoms with Crippen LogP contribution in [0.3, 0.4) is 0 Å². The van der Waals surface area contributed by atoms with Gasteiger partial charge in [0.2, 0.25) is 0 Å². The lowest BCUT2D eigenvalue weighted by molar-refractivity contribution is 0.169. The molecule has 1 N–H and O–H groups in total. The topological polar surface area (TPSA) is 21.3 Å². The minimum atomic E-state index is 0.312. The van der Waals surface area contributed by atoms with Crippen molar-refractivity contribution in [3.8, 4) is 0 Å². The molecule has 0 amide bonds. The summed E-state index contributed by atoms with van der Waals surface area (Å²) in [5.41, 5.74) is 0. The molecule has 2 rings (SSSR count). The summed E-state index contributed by atoms with van der Waals surface area (Å²) in [5, 5.41) is 4.77. The summed E-state index contributed by atoms with van der Waals surface area (Å²) < 4.78 is 6.60. The van der Waals surface area contributed by atoms with Crippen LogP contribution in [0.4, 0.5) is 0 Å². The number of likely N-dealkylation sites (N-methyl/N-ethyl adjacent to an activating group) is 1. The molecule has 0 aliphatic carbocycles. The van der Waals surface area contributed by atoms with Crippen molar-refractivity contribution in [1.82, 2.24) is 5.32 Å². The maximum Gasteiger partial charge on any atom is 0.0665 e. The van der Waals surface area contributed by atoms with Crippen molar-refractivity contribution >= 4 is 21.4 Å². The van der Waals surface area contributed by atoms with Crippen LogP contribution in [0.5, 0.6) is 0 Å². The zero-order valence-electron chi connectivity index (χ0n) is 9.69. The van der Waals surface area contributed by atoms with E-state index in [0.717, 1.165) is 13.2 Å². The summed E-state index contributed by atoms with van der Waals surface area (Å²) in [6.07, 6.45) is 0. The van der Waals surface area contributed by atoms with Crippen molar-refractivity contribution in [1.29, 1.82) is 0 Å². The van der Waals surface area contributed by atoms with E-state index in [0.29, 0.717) is 6.04 Å². The van der Waals surface area contributed by atoms with Gasteiger partial charge in [0.15, 0.2) is 0 Å². The Morgan fingerprint density at radius 3 is 2.88 bits per heavy atom. The van der Waals surface area contributed by atoms with Gasteiger partial charge < -0.3 is 10.1 Å². The number of nitrogens with one attached hydrogen (secondary N) is 1. The number of hydrogen-bond acceptors (Lipinski definition) is 3. The Hall–Kier alpha value is -0.900. The van der Waals surface area contributed by atoms with Crippen LogP contribution in [0.2, 0.25) is 0 Å². The Kier molecular flexibility index (Phi) is 3.93. The average Bonchev–Trinajstić information content (AvgIpc) is 2.72. The number of ether oxygens (including phenoxy) is 1. The average molecular weight is 235 g/mol. The number of benzene rings is 1. The van der Waals surface area contributed by atoms with Crippen LogP contribution in [-0.2, 0) is 4.74 Å². The van der Waals surface area contributed by atoms with Gasteiger partial charge in [-0.2, -0.15) is 0 Å². The van der Waals surface area contributed by atoms with Crippen molar-refractivity contribution in [2.75, 3.05) is 20.3 Å². The number of thiophene rings is 1. The predicted octanol–water partition coefficient (Wildman–Crippen LogP) is 3.20. The molecule has 0 saturated carbocycles. The Morgan fingerprint density at radius 1 is 1.38 bits per heavy atom. The summed E-state index contributed by atoms with van der Waals surface area (Å²) in [4.78, 5) is 1.35. The molecular weight excluding hydrogens is 218 g/mol. The molecule has 1 atom stereocenters. The molecule has 0 saturated heterocycles. The number of rotatable bonds is 5. The molecule has 0 fully saturated rings. The number of methoxy groups -OCH3 is 1. The van der Waals surface area contributed by atoms with Gasteiger partial charge in [-0.15, -0.1) is 11.3 Å². The van der Waals surface area contributed by atoms with Crippen molar-refractivity contribution in [2.24, 2.45) is 0 Å². The Balaban J connectivity index is 2.29. The molecule has 2 nitrogen and oxygen atoms in total. The number of fused-ring (bicyclic) bond motifs is 1. The van der Waals surface area contributed by atoms with Gasteiger partial charge in [0.1, 0.15) is 0 Å². The molecule has 16 heavy (non-hydrogen) atoms. The third-order valence-corrected chi connectivity index (χ3v) is 3.80. The van der Waals surface area contributed by atoms with E-state index in [-0.39, 0.29) is 0 Å². The van der Waals surface area contributed by atoms with Crippen LogP contribution in [0.1, 0.15) is 17.8 Å². The normalized spacial score (nSPS) is 13.1. The molecule has 0 radical (unpaired) electrons. The van der Waals surface area contributed by atoms with Crippen LogP contribution < -0.4 is 5.32 Å². The van der Waals surface area contributed by atoms with E-state index >= 15 is 0 Å². The first-order valence-corrected chi connectivity index (χ1v) is 6.37. The molecule has 0 aliphatic rings. The highest BCUT2D eigenvalue weighted by Gasteiger charge is 2.12. The van der Waals surface area contributed by atoms with Crippen molar-refractivity contribution in [3.63, 3.8) is 0 Å². The fraction of sp³-hybridized carbons (Fsp3) is 0.385. The lowest BCUT2D eigenvalue weighted by atomic mass is 10.2. The molecular formula is C13H17NOS. The first-order valence-electron chi connectivity index (χ1n) is 5.56. The number of hydrogen-bond donors (Lipinski definition) is 1. The maximum absolute atomic E-state index is 5.25. The molecule has 1 aromatic carbocycles. The Labute approximate surface area is 100 Å². The van der Waals surface area contributed by atoms with Gasteiger partial charge in [0.05, 0.1) is 12.6 Å². The van der Waals surface area contributed by atoms with Gasteiger partial charge in [0, 0.05) is 16.7 Å². The molecule has 1 heterocycles. The highest BCUT2D eigenvalue weighted by atomic mass is 32.1. The maximum atomic E-state index is 5.25. The molecule has 0 spiro atoms. The predicted molar refractivity (Wildman–Crippen MR) is 70.1 cm³/mol. The summed E-state index contributed by atoms with van der Waals surface area (Å²) in [6, 6.07) is 11.1. The minimum absolute atomic E-state index is 0.312. The molecule has 3 heteroatoms. The molecule has 1 aromatic heterocycles. The van der Waals surface area contributed by atoms with Crippen LogP contribution in [0.15, 0.2) is 30.3 Å². The second-order valence-corrected chi connectivity index (χ2v) is 4.87. The standard InChI is InChI=1S/C13H17NOS/c1-3-14-11(9-15-2)13-8-10-6-4-5-7-12(10)16-13/h4-8,11,14H,3,9H2,1-2H3. The van der Waals surface area contributed by atoms with E-state index in [1.807, 2.05) is 11.3 Å². The second kappa shape index (κ2) is 5.43. The zero-order valence-corrected chi connectivity index (χ0v) is 10.5. The van der Waals surface area contributed by atoms with Gasteiger partial charge in [-0.3, -0.25) is 0 Å². The monoisotopic (exact) mass is 235 g/mol. The van der Waals surface area contributed by atoms with Crippen LogP contribution in [-0.4, -0.2) is 20.3 Å². The summed E-state index contributed by atoms with van der Waals surface area (Å²) in [7, 11) is 1.75. The lowest BCUT2D eigenvalue weighted by Gasteiger charge is -2.14.